The molecule has 11 heteroatoms. The largest absolute Gasteiger partial charge is 0.460 e. The SMILES string of the molecule is BC1=C[C@@H](CO[C@@H]2C=C(C(=O)OC(C)(C)C)C[C@H](C(=O)OC(C)(C)C)C2)C[C@@H](CO[C@H]2CC([C@H](O)OC(C)(C)C)=C[C@@H]([C@@H](O)OC(C)(C)C)C2)C1. The molecule has 10 nitrogen and oxygen atoms in total. The van der Waals surface area contributed by atoms with Gasteiger partial charge in [-0.15, -0.1) is 5.47 Å². The van der Waals surface area contributed by atoms with Gasteiger partial charge in [-0.05, 0) is 139 Å². The Bertz CT molecular complexity index is 1280. The standard InChI is InChI=1S/C40H67BO10/c1-37(2,3)48-33(42)26-16-27(34(43)49-38(4,5)6)19-31(18-26)46-22-24-13-25(15-30(41)14-24)23-47-32-20-28(35(44)50-39(7,8)9)17-29(21-32)36(45)51-40(10,11)12/h14,17-18,24-25,27-28,31-32,35-36,44-45H,13,15-16,19-23,41H2,1-12H3/t24-,25+,27-,28+,31+,32+,35-,36+/m0/s1. The molecule has 3 rings (SSSR count). The highest BCUT2D eigenvalue weighted by atomic mass is 16.6. The topological polar surface area (TPSA) is 130 Å². The summed E-state index contributed by atoms with van der Waals surface area (Å²) in [6.07, 6.45) is 6.62. The van der Waals surface area contributed by atoms with E-state index in [2.05, 4.69) is 13.9 Å². The summed E-state index contributed by atoms with van der Waals surface area (Å²) in [4.78, 5) is 26.2. The second kappa shape index (κ2) is 17.4. The normalized spacial score (nSPS) is 27.8. The highest BCUT2D eigenvalue weighted by molar-refractivity contribution is 6.21. The molecule has 0 aromatic rings. The van der Waals surface area contributed by atoms with Crippen molar-refractivity contribution in [3.63, 3.8) is 0 Å². The van der Waals surface area contributed by atoms with Gasteiger partial charge in [0.2, 0.25) is 0 Å². The first-order chi connectivity index (χ1) is 23.2. The summed E-state index contributed by atoms with van der Waals surface area (Å²) in [5.74, 6) is -1.27. The van der Waals surface area contributed by atoms with E-state index < -0.39 is 53.0 Å². The lowest BCUT2D eigenvalue weighted by Crippen LogP contribution is -2.39. The minimum Gasteiger partial charge on any atom is -0.460 e. The fraction of sp³-hybridized carbons (Fsp3) is 0.800. The lowest BCUT2D eigenvalue weighted by atomic mass is 9.75. The number of hydrogen-bond donors (Lipinski definition) is 2. The first-order valence-electron chi connectivity index (χ1n) is 18.7. The van der Waals surface area contributed by atoms with Crippen molar-refractivity contribution in [2.24, 2.45) is 23.7 Å². The van der Waals surface area contributed by atoms with Crippen LogP contribution in [0.5, 0.6) is 0 Å². The van der Waals surface area contributed by atoms with Crippen LogP contribution in [0.2, 0.25) is 0 Å². The lowest BCUT2D eigenvalue weighted by molar-refractivity contribution is -0.192. The van der Waals surface area contributed by atoms with Crippen molar-refractivity contribution in [3.05, 3.63) is 34.8 Å². The van der Waals surface area contributed by atoms with Crippen LogP contribution in [-0.4, -0.2) is 90.4 Å². The fourth-order valence-corrected chi connectivity index (χ4v) is 6.86. The summed E-state index contributed by atoms with van der Waals surface area (Å²) in [5.41, 5.74) is -0.00277. The zero-order valence-electron chi connectivity index (χ0n) is 33.7. The van der Waals surface area contributed by atoms with Gasteiger partial charge in [0.15, 0.2) is 12.6 Å². The molecule has 0 bridgehead atoms. The van der Waals surface area contributed by atoms with E-state index in [-0.39, 0.29) is 36.2 Å². The average Bonchev–Trinajstić information content (AvgIpc) is 2.95. The third kappa shape index (κ3) is 15.9. The molecular weight excluding hydrogens is 651 g/mol. The summed E-state index contributed by atoms with van der Waals surface area (Å²) in [6.45, 7) is 23.3. The summed E-state index contributed by atoms with van der Waals surface area (Å²) < 4.78 is 36.1. The molecule has 0 heterocycles. The van der Waals surface area contributed by atoms with Crippen molar-refractivity contribution >= 4 is 19.8 Å². The van der Waals surface area contributed by atoms with Gasteiger partial charge in [0.25, 0.3) is 0 Å². The molecule has 8 atom stereocenters. The maximum absolute atomic E-state index is 13.1. The fourth-order valence-electron chi connectivity index (χ4n) is 6.86. The number of carbonyl (C=O) groups is 2. The van der Waals surface area contributed by atoms with Crippen LogP contribution < -0.4 is 0 Å². The third-order valence-corrected chi connectivity index (χ3v) is 8.68. The van der Waals surface area contributed by atoms with E-state index in [1.54, 1.807) is 0 Å². The molecule has 0 aliphatic heterocycles. The molecule has 0 aromatic carbocycles. The van der Waals surface area contributed by atoms with E-state index >= 15 is 0 Å². The minimum absolute atomic E-state index is 0.131. The van der Waals surface area contributed by atoms with Crippen molar-refractivity contribution in [2.75, 3.05) is 13.2 Å². The second-order valence-electron chi connectivity index (χ2n) is 18.8. The molecule has 0 radical (unpaired) electrons. The number of aliphatic hydroxyl groups excluding tert-OH is 2. The first-order valence-corrected chi connectivity index (χ1v) is 18.7. The summed E-state index contributed by atoms with van der Waals surface area (Å²) >= 11 is 0. The van der Waals surface area contributed by atoms with E-state index in [0.29, 0.717) is 43.6 Å². The maximum Gasteiger partial charge on any atom is 0.334 e. The molecule has 3 aliphatic carbocycles. The predicted molar refractivity (Wildman–Crippen MR) is 199 cm³/mol. The zero-order chi connectivity index (χ0) is 38.5. The van der Waals surface area contributed by atoms with Gasteiger partial charge in [0.1, 0.15) is 19.0 Å². The molecule has 0 aromatic heterocycles. The maximum atomic E-state index is 13.1. The van der Waals surface area contributed by atoms with Crippen LogP contribution in [0.1, 0.15) is 122 Å². The van der Waals surface area contributed by atoms with Gasteiger partial charge in [-0.1, -0.05) is 12.2 Å². The second-order valence-corrected chi connectivity index (χ2v) is 18.8. The molecule has 0 fully saturated rings. The van der Waals surface area contributed by atoms with Crippen LogP contribution in [0.3, 0.4) is 0 Å². The van der Waals surface area contributed by atoms with Crippen molar-refractivity contribution in [3.8, 4) is 0 Å². The van der Waals surface area contributed by atoms with E-state index in [1.165, 1.54) is 5.47 Å². The Hall–Kier alpha value is -2.02. The Kier molecular flexibility index (Phi) is 14.8. The van der Waals surface area contributed by atoms with Crippen molar-refractivity contribution in [2.45, 2.75) is 169 Å². The zero-order valence-corrected chi connectivity index (χ0v) is 33.7. The minimum atomic E-state index is -1.11. The van der Waals surface area contributed by atoms with Gasteiger partial charge in [0.05, 0.1) is 42.5 Å². The van der Waals surface area contributed by atoms with E-state index in [9.17, 15) is 19.8 Å². The number of ether oxygens (including phenoxy) is 6. The van der Waals surface area contributed by atoms with Crippen LogP contribution in [-0.2, 0) is 38.0 Å². The Morgan fingerprint density at radius 1 is 0.745 bits per heavy atom. The molecule has 0 amide bonds. The summed E-state index contributed by atoms with van der Waals surface area (Å²) in [5, 5.41) is 21.9. The van der Waals surface area contributed by atoms with Gasteiger partial charge in [-0.25, -0.2) is 4.79 Å². The van der Waals surface area contributed by atoms with Gasteiger partial charge >= 0.3 is 11.9 Å². The Balaban J connectivity index is 1.66. The quantitative estimate of drug-likeness (QED) is 0.109. The molecular formula is C40H67BO10. The van der Waals surface area contributed by atoms with Gasteiger partial charge < -0.3 is 38.6 Å². The first kappa shape index (κ1) is 43.4. The molecule has 290 valence electrons. The molecule has 2 N–H and O–H groups in total. The van der Waals surface area contributed by atoms with Crippen LogP contribution in [0.15, 0.2) is 34.8 Å². The third-order valence-electron chi connectivity index (χ3n) is 8.68. The smallest absolute Gasteiger partial charge is 0.334 e. The van der Waals surface area contributed by atoms with E-state index in [1.807, 2.05) is 95.2 Å². The molecule has 3 aliphatic rings. The number of allylic oxidation sites excluding steroid dienone is 1. The lowest BCUT2D eigenvalue weighted by Gasteiger charge is -2.37. The highest BCUT2D eigenvalue weighted by Crippen LogP contribution is 2.36. The van der Waals surface area contributed by atoms with E-state index in [4.69, 9.17) is 28.4 Å². The Labute approximate surface area is 308 Å². The number of esters is 2. The number of hydrogen-bond acceptors (Lipinski definition) is 10. The summed E-state index contributed by atoms with van der Waals surface area (Å²) in [7, 11) is 2.12. The molecule has 51 heavy (non-hydrogen) atoms. The predicted octanol–water partition coefficient (Wildman–Crippen LogP) is 5.92. The van der Waals surface area contributed by atoms with Crippen LogP contribution in [0.25, 0.3) is 0 Å². The number of carbonyl (C=O) groups excluding carboxylic acids is 2. The average molecular weight is 719 g/mol. The van der Waals surface area contributed by atoms with Crippen LogP contribution in [0.4, 0.5) is 0 Å². The molecule has 0 unspecified atom stereocenters. The van der Waals surface area contributed by atoms with Gasteiger partial charge in [0, 0.05) is 17.4 Å². The Morgan fingerprint density at radius 3 is 1.96 bits per heavy atom. The van der Waals surface area contributed by atoms with Crippen LogP contribution in [0, 0.1) is 23.7 Å². The highest BCUT2D eigenvalue weighted by Gasteiger charge is 2.37. The Morgan fingerprint density at radius 2 is 1.37 bits per heavy atom. The monoisotopic (exact) mass is 718 g/mol. The van der Waals surface area contributed by atoms with Crippen molar-refractivity contribution in [1.29, 1.82) is 0 Å². The molecule has 0 spiro atoms. The molecule has 0 saturated heterocycles. The van der Waals surface area contributed by atoms with Gasteiger partial charge in [-0.3, -0.25) is 4.79 Å². The number of aliphatic hydroxyl groups is 2. The van der Waals surface area contributed by atoms with E-state index in [0.717, 1.165) is 12.8 Å². The molecule has 0 saturated carbocycles. The van der Waals surface area contributed by atoms with Gasteiger partial charge in [-0.2, -0.15) is 0 Å². The van der Waals surface area contributed by atoms with Crippen molar-refractivity contribution in [1.82, 2.24) is 0 Å². The van der Waals surface area contributed by atoms with Crippen molar-refractivity contribution < 1.29 is 48.2 Å². The summed E-state index contributed by atoms with van der Waals surface area (Å²) in [6, 6.07) is 0. The number of rotatable bonds is 12. The van der Waals surface area contributed by atoms with Crippen LogP contribution >= 0.6 is 0 Å².